The molecule has 1 atom stereocenters. The molecule has 0 aliphatic heterocycles. The molecule has 0 N–H and O–H groups in total. The molecule has 4 heteroatoms. The van der Waals surface area contributed by atoms with Gasteiger partial charge in [0.05, 0.1) is 0 Å². The van der Waals surface area contributed by atoms with E-state index in [2.05, 4.69) is 0 Å². The van der Waals surface area contributed by atoms with Gasteiger partial charge >= 0.3 is 0 Å². The second-order valence-electron chi connectivity index (χ2n) is 5.03. The van der Waals surface area contributed by atoms with E-state index in [1.54, 1.807) is 0 Å². The van der Waals surface area contributed by atoms with E-state index >= 15 is 0 Å². The van der Waals surface area contributed by atoms with Crippen molar-refractivity contribution >= 4 is 5.78 Å². The van der Waals surface area contributed by atoms with Crippen LogP contribution < -0.4 is 0 Å². The summed E-state index contributed by atoms with van der Waals surface area (Å²) in [6.45, 7) is 2.46. The maximum Gasteiger partial charge on any atom is 0.196 e. The Morgan fingerprint density at radius 2 is 1.55 bits per heavy atom. The summed E-state index contributed by atoms with van der Waals surface area (Å²) in [5, 5.41) is 0. The number of Topliss-reactive ketones (excluding diaryl/α,β-unsaturated/α-hetero) is 1. The molecule has 0 heterocycles. The van der Waals surface area contributed by atoms with Crippen LogP contribution in [-0.2, 0) is 4.74 Å². The van der Waals surface area contributed by atoms with Crippen molar-refractivity contribution in [2.75, 3.05) is 6.61 Å². The predicted molar refractivity (Wildman–Crippen MR) is 80.7 cm³/mol. The summed E-state index contributed by atoms with van der Waals surface area (Å²) in [5.41, 5.74) is 0.957. The molecule has 0 saturated heterocycles. The summed E-state index contributed by atoms with van der Waals surface area (Å²) >= 11 is 0. The number of ether oxygens (including phenoxy) is 1. The van der Waals surface area contributed by atoms with Crippen molar-refractivity contribution in [2.45, 2.75) is 25.9 Å². The van der Waals surface area contributed by atoms with Crippen LogP contribution in [0.3, 0.4) is 0 Å². The van der Waals surface area contributed by atoms with E-state index in [0.29, 0.717) is 17.7 Å². The lowest BCUT2D eigenvalue weighted by molar-refractivity contribution is 0.0395. The molecule has 0 spiro atoms. The number of hydrogen-bond donors (Lipinski definition) is 0. The van der Waals surface area contributed by atoms with Crippen LogP contribution >= 0.6 is 0 Å². The molecule has 1 unspecified atom stereocenters. The zero-order chi connectivity index (χ0) is 15.9. The number of rotatable bonds is 7. The average Bonchev–Trinajstić information content (AvgIpc) is 2.53. The standard InChI is InChI=1S/C18H18F2O2/c1-2-3-12-22-18(14-6-10-16(20)11-7-14)17(21)13-4-8-15(19)9-5-13/h4-11,18H,2-3,12H2,1H3. The molecule has 0 fully saturated rings. The second-order valence-corrected chi connectivity index (χ2v) is 5.03. The Bertz CT molecular complexity index is 606. The van der Waals surface area contributed by atoms with Crippen LogP contribution in [0.1, 0.15) is 41.8 Å². The maximum absolute atomic E-state index is 13.1. The Hall–Kier alpha value is -2.07. The van der Waals surface area contributed by atoms with Crippen LogP contribution in [0.5, 0.6) is 0 Å². The first kappa shape index (κ1) is 16.3. The SMILES string of the molecule is CCCCOC(C(=O)c1ccc(F)cc1)c1ccc(F)cc1. The van der Waals surface area contributed by atoms with Crippen molar-refractivity contribution < 1.29 is 18.3 Å². The van der Waals surface area contributed by atoms with Crippen LogP contribution in [0.15, 0.2) is 48.5 Å². The molecule has 2 rings (SSSR count). The van der Waals surface area contributed by atoms with Crippen molar-refractivity contribution in [2.24, 2.45) is 0 Å². The van der Waals surface area contributed by atoms with Gasteiger partial charge in [0.2, 0.25) is 0 Å². The van der Waals surface area contributed by atoms with E-state index in [1.807, 2.05) is 6.92 Å². The van der Waals surface area contributed by atoms with Gasteiger partial charge in [-0.15, -0.1) is 0 Å². The van der Waals surface area contributed by atoms with Gasteiger partial charge < -0.3 is 4.74 Å². The van der Waals surface area contributed by atoms with Gasteiger partial charge in [-0.2, -0.15) is 0 Å². The van der Waals surface area contributed by atoms with E-state index in [0.717, 1.165) is 12.8 Å². The first-order valence-corrected chi connectivity index (χ1v) is 7.28. The molecular weight excluding hydrogens is 286 g/mol. The molecule has 2 nitrogen and oxygen atoms in total. The molecule has 0 aliphatic carbocycles. The summed E-state index contributed by atoms with van der Waals surface area (Å²) in [6, 6.07) is 11.0. The number of carbonyl (C=O) groups excluding carboxylic acids is 1. The molecule has 0 bridgehead atoms. The molecule has 0 radical (unpaired) electrons. The average molecular weight is 304 g/mol. The lowest BCUT2D eigenvalue weighted by Crippen LogP contribution is -2.17. The largest absolute Gasteiger partial charge is 0.365 e. The van der Waals surface area contributed by atoms with Crippen molar-refractivity contribution in [3.05, 3.63) is 71.3 Å². The number of hydrogen-bond acceptors (Lipinski definition) is 2. The topological polar surface area (TPSA) is 26.3 Å². The highest BCUT2D eigenvalue weighted by molar-refractivity contribution is 6.00. The first-order chi connectivity index (χ1) is 10.6. The Labute approximate surface area is 128 Å². The Morgan fingerprint density at radius 1 is 1.00 bits per heavy atom. The number of halogens is 2. The number of carbonyl (C=O) groups is 1. The van der Waals surface area contributed by atoms with Gasteiger partial charge in [-0.25, -0.2) is 8.78 Å². The van der Waals surface area contributed by atoms with Crippen LogP contribution in [0.25, 0.3) is 0 Å². The van der Waals surface area contributed by atoms with Gasteiger partial charge in [0.25, 0.3) is 0 Å². The zero-order valence-corrected chi connectivity index (χ0v) is 12.4. The fraction of sp³-hybridized carbons (Fsp3) is 0.278. The van der Waals surface area contributed by atoms with Gasteiger partial charge in [-0.3, -0.25) is 4.79 Å². The quantitative estimate of drug-likeness (QED) is 0.547. The van der Waals surface area contributed by atoms with E-state index in [-0.39, 0.29) is 11.6 Å². The fourth-order valence-electron chi connectivity index (χ4n) is 2.07. The van der Waals surface area contributed by atoms with Crippen molar-refractivity contribution in [1.82, 2.24) is 0 Å². The lowest BCUT2D eigenvalue weighted by Gasteiger charge is -2.17. The third-order valence-electron chi connectivity index (χ3n) is 3.32. The highest BCUT2D eigenvalue weighted by atomic mass is 19.1. The fourth-order valence-corrected chi connectivity index (χ4v) is 2.07. The summed E-state index contributed by atoms with van der Waals surface area (Å²) in [6.07, 6.45) is 0.965. The molecule has 0 aromatic heterocycles. The molecule has 116 valence electrons. The van der Waals surface area contributed by atoms with Gasteiger partial charge in [-0.05, 0) is 48.4 Å². The lowest BCUT2D eigenvalue weighted by atomic mass is 9.99. The van der Waals surface area contributed by atoms with Crippen LogP contribution in [0.2, 0.25) is 0 Å². The molecule has 2 aromatic rings. The van der Waals surface area contributed by atoms with E-state index < -0.39 is 11.9 Å². The molecular formula is C18H18F2O2. The smallest absolute Gasteiger partial charge is 0.196 e. The predicted octanol–water partition coefficient (Wildman–Crippen LogP) is 4.71. The summed E-state index contributed by atoms with van der Waals surface area (Å²) in [7, 11) is 0. The third kappa shape index (κ3) is 4.21. The summed E-state index contributed by atoms with van der Waals surface area (Å²) in [5.74, 6) is -1.03. The van der Waals surface area contributed by atoms with Crippen LogP contribution in [0, 0.1) is 11.6 Å². The molecule has 0 amide bonds. The number of unbranched alkanes of at least 4 members (excludes halogenated alkanes) is 1. The molecule has 22 heavy (non-hydrogen) atoms. The molecule has 0 saturated carbocycles. The zero-order valence-electron chi connectivity index (χ0n) is 12.4. The summed E-state index contributed by atoms with van der Waals surface area (Å²) in [4.78, 5) is 12.6. The van der Waals surface area contributed by atoms with E-state index in [9.17, 15) is 13.6 Å². The van der Waals surface area contributed by atoms with Crippen molar-refractivity contribution in [3.63, 3.8) is 0 Å². The van der Waals surface area contributed by atoms with Gasteiger partial charge in [0.1, 0.15) is 17.7 Å². The van der Waals surface area contributed by atoms with Crippen LogP contribution in [-0.4, -0.2) is 12.4 Å². The highest BCUT2D eigenvalue weighted by Crippen LogP contribution is 2.23. The van der Waals surface area contributed by atoms with E-state index in [4.69, 9.17) is 4.74 Å². The van der Waals surface area contributed by atoms with Gasteiger partial charge in [-0.1, -0.05) is 25.5 Å². The Morgan fingerprint density at radius 3 is 2.09 bits per heavy atom. The van der Waals surface area contributed by atoms with Gasteiger partial charge in [0, 0.05) is 12.2 Å². The minimum Gasteiger partial charge on any atom is -0.365 e. The van der Waals surface area contributed by atoms with E-state index in [1.165, 1.54) is 48.5 Å². The monoisotopic (exact) mass is 304 g/mol. The minimum atomic E-state index is -0.808. The number of ketones is 1. The maximum atomic E-state index is 13.1. The Balaban J connectivity index is 2.24. The highest BCUT2D eigenvalue weighted by Gasteiger charge is 2.22. The first-order valence-electron chi connectivity index (χ1n) is 7.28. The normalized spacial score (nSPS) is 12.1. The van der Waals surface area contributed by atoms with Crippen LogP contribution in [0.4, 0.5) is 8.78 Å². The minimum absolute atomic E-state index is 0.261. The summed E-state index contributed by atoms with van der Waals surface area (Å²) < 4.78 is 31.7. The third-order valence-corrected chi connectivity index (χ3v) is 3.32. The number of benzene rings is 2. The molecule has 2 aromatic carbocycles. The van der Waals surface area contributed by atoms with Crippen molar-refractivity contribution in [3.8, 4) is 0 Å². The molecule has 0 aliphatic rings. The van der Waals surface area contributed by atoms with Crippen molar-refractivity contribution in [1.29, 1.82) is 0 Å². The second kappa shape index (κ2) is 7.80. The Kier molecular flexibility index (Phi) is 5.78. The van der Waals surface area contributed by atoms with Gasteiger partial charge in [0.15, 0.2) is 5.78 Å².